The Labute approximate surface area is 119 Å². The lowest BCUT2D eigenvalue weighted by Crippen LogP contribution is -2.31. The molecule has 0 spiro atoms. The number of hydrogen-bond donors (Lipinski definition) is 2. The predicted molar refractivity (Wildman–Crippen MR) is 78.2 cm³/mol. The molecule has 0 unspecified atom stereocenters. The van der Waals surface area contributed by atoms with E-state index < -0.39 is 0 Å². The number of benzene rings is 1. The van der Waals surface area contributed by atoms with E-state index in [0.29, 0.717) is 24.0 Å². The first-order valence-corrected chi connectivity index (χ1v) is 7.37. The highest BCUT2D eigenvalue weighted by atomic mass is 35.5. The minimum Gasteiger partial charge on any atom is -0.352 e. The molecule has 0 radical (unpaired) electrons. The Kier molecular flexibility index (Phi) is 5.67. The Morgan fingerprint density at radius 3 is 2.74 bits per heavy atom. The molecular weight excluding hydrogens is 260 g/mol. The van der Waals surface area contributed by atoms with E-state index in [1.54, 1.807) is 0 Å². The third-order valence-electron chi connectivity index (χ3n) is 3.57. The van der Waals surface area contributed by atoms with Gasteiger partial charge < -0.3 is 10.6 Å². The van der Waals surface area contributed by atoms with Crippen molar-refractivity contribution in [2.75, 3.05) is 6.54 Å². The molecular formula is C15H21ClN2O. The SMILES string of the molecule is O=C(CCNC1CCCC1)NCc1ccccc1Cl. The van der Waals surface area contributed by atoms with Gasteiger partial charge in [0.15, 0.2) is 0 Å². The van der Waals surface area contributed by atoms with Gasteiger partial charge in [0.1, 0.15) is 0 Å². The topological polar surface area (TPSA) is 41.1 Å². The van der Waals surface area contributed by atoms with Crippen LogP contribution in [0.3, 0.4) is 0 Å². The maximum Gasteiger partial charge on any atom is 0.221 e. The van der Waals surface area contributed by atoms with E-state index in [9.17, 15) is 4.79 Å². The van der Waals surface area contributed by atoms with Crippen LogP contribution < -0.4 is 10.6 Å². The minimum atomic E-state index is 0.0745. The maximum absolute atomic E-state index is 11.7. The number of nitrogens with one attached hydrogen (secondary N) is 2. The van der Waals surface area contributed by atoms with Crippen LogP contribution >= 0.6 is 11.6 Å². The van der Waals surface area contributed by atoms with Crippen LogP contribution in [0.4, 0.5) is 0 Å². The summed E-state index contributed by atoms with van der Waals surface area (Å²) in [5.74, 6) is 0.0745. The van der Waals surface area contributed by atoms with Gasteiger partial charge >= 0.3 is 0 Å². The van der Waals surface area contributed by atoms with Crippen molar-refractivity contribution in [2.24, 2.45) is 0 Å². The van der Waals surface area contributed by atoms with Crippen molar-refractivity contribution in [1.82, 2.24) is 10.6 Å². The van der Waals surface area contributed by atoms with Gasteiger partial charge in [-0.2, -0.15) is 0 Å². The van der Waals surface area contributed by atoms with E-state index >= 15 is 0 Å². The number of hydrogen-bond acceptors (Lipinski definition) is 2. The fourth-order valence-electron chi connectivity index (χ4n) is 2.44. The largest absolute Gasteiger partial charge is 0.352 e. The second kappa shape index (κ2) is 7.51. The van der Waals surface area contributed by atoms with Crippen LogP contribution in [0.2, 0.25) is 5.02 Å². The van der Waals surface area contributed by atoms with Crippen LogP contribution in [0.25, 0.3) is 0 Å². The monoisotopic (exact) mass is 280 g/mol. The highest BCUT2D eigenvalue weighted by Crippen LogP contribution is 2.17. The number of amides is 1. The van der Waals surface area contributed by atoms with Crippen molar-refractivity contribution in [3.63, 3.8) is 0 Å². The molecule has 2 rings (SSSR count). The van der Waals surface area contributed by atoms with Gasteiger partial charge in [0.2, 0.25) is 5.91 Å². The first-order valence-electron chi connectivity index (χ1n) is 6.99. The Morgan fingerprint density at radius 2 is 2.00 bits per heavy atom. The summed E-state index contributed by atoms with van der Waals surface area (Å²) >= 11 is 6.03. The van der Waals surface area contributed by atoms with Crippen molar-refractivity contribution >= 4 is 17.5 Å². The second-order valence-corrected chi connectivity index (χ2v) is 5.46. The van der Waals surface area contributed by atoms with Crippen molar-refractivity contribution in [3.05, 3.63) is 34.9 Å². The summed E-state index contributed by atoms with van der Waals surface area (Å²) < 4.78 is 0. The maximum atomic E-state index is 11.7. The number of carbonyl (C=O) groups excluding carboxylic acids is 1. The van der Waals surface area contributed by atoms with Crippen LogP contribution in [0.15, 0.2) is 24.3 Å². The van der Waals surface area contributed by atoms with E-state index in [2.05, 4.69) is 10.6 Å². The second-order valence-electron chi connectivity index (χ2n) is 5.05. The van der Waals surface area contributed by atoms with Crippen molar-refractivity contribution in [1.29, 1.82) is 0 Å². The highest BCUT2D eigenvalue weighted by molar-refractivity contribution is 6.31. The zero-order valence-corrected chi connectivity index (χ0v) is 11.9. The van der Waals surface area contributed by atoms with Crippen LogP contribution in [0.5, 0.6) is 0 Å². The lowest BCUT2D eigenvalue weighted by Gasteiger charge is -2.11. The van der Waals surface area contributed by atoms with Gasteiger partial charge in [0.05, 0.1) is 0 Å². The van der Waals surface area contributed by atoms with Gasteiger partial charge in [-0.25, -0.2) is 0 Å². The highest BCUT2D eigenvalue weighted by Gasteiger charge is 2.14. The first-order chi connectivity index (χ1) is 9.25. The van der Waals surface area contributed by atoms with Gasteiger partial charge in [-0.1, -0.05) is 42.6 Å². The Balaban J connectivity index is 1.63. The molecule has 3 nitrogen and oxygen atoms in total. The fourth-order valence-corrected chi connectivity index (χ4v) is 2.65. The molecule has 4 heteroatoms. The van der Waals surface area contributed by atoms with E-state index in [1.165, 1.54) is 25.7 Å². The summed E-state index contributed by atoms with van der Waals surface area (Å²) in [6.45, 7) is 1.26. The van der Waals surface area contributed by atoms with Gasteiger partial charge in [-0.05, 0) is 24.5 Å². The number of carbonyl (C=O) groups is 1. The van der Waals surface area contributed by atoms with E-state index in [0.717, 1.165) is 12.1 Å². The minimum absolute atomic E-state index is 0.0745. The van der Waals surface area contributed by atoms with E-state index in [4.69, 9.17) is 11.6 Å². The third kappa shape index (κ3) is 4.84. The molecule has 0 atom stereocenters. The lowest BCUT2D eigenvalue weighted by atomic mass is 10.2. The zero-order chi connectivity index (χ0) is 13.5. The van der Waals surface area contributed by atoms with Gasteiger partial charge in [-0.15, -0.1) is 0 Å². The zero-order valence-electron chi connectivity index (χ0n) is 11.1. The summed E-state index contributed by atoms with van der Waals surface area (Å²) in [5.41, 5.74) is 0.960. The van der Waals surface area contributed by atoms with Crippen molar-refractivity contribution < 1.29 is 4.79 Å². The van der Waals surface area contributed by atoms with Gasteiger partial charge in [0.25, 0.3) is 0 Å². The van der Waals surface area contributed by atoms with Crippen LogP contribution in [-0.2, 0) is 11.3 Å². The average molecular weight is 281 g/mol. The molecule has 1 fully saturated rings. The summed E-state index contributed by atoms with van der Waals surface area (Å²) in [7, 11) is 0. The Morgan fingerprint density at radius 1 is 1.26 bits per heavy atom. The smallest absolute Gasteiger partial charge is 0.221 e. The van der Waals surface area contributed by atoms with Crippen LogP contribution in [0.1, 0.15) is 37.7 Å². The molecule has 1 aromatic rings. The normalized spacial score (nSPS) is 15.6. The average Bonchev–Trinajstić information content (AvgIpc) is 2.91. The molecule has 1 aliphatic rings. The van der Waals surface area contributed by atoms with Crippen LogP contribution in [0, 0.1) is 0 Å². The molecule has 104 valence electrons. The van der Waals surface area contributed by atoms with Crippen LogP contribution in [-0.4, -0.2) is 18.5 Å². The number of halogens is 1. The molecule has 0 saturated heterocycles. The van der Waals surface area contributed by atoms with Gasteiger partial charge in [0, 0.05) is 30.6 Å². The molecule has 19 heavy (non-hydrogen) atoms. The standard InChI is InChI=1S/C15H21ClN2O/c16-14-8-4-1-5-12(14)11-18-15(19)9-10-17-13-6-2-3-7-13/h1,4-5,8,13,17H,2-3,6-7,9-11H2,(H,18,19). The quantitative estimate of drug-likeness (QED) is 0.841. The Bertz CT molecular complexity index is 416. The molecule has 0 bridgehead atoms. The van der Waals surface area contributed by atoms with E-state index in [1.807, 2.05) is 24.3 Å². The molecule has 1 aromatic carbocycles. The molecule has 2 N–H and O–H groups in total. The first kappa shape index (κ1) is 14.4. The molecule has 0 heterocycles. The van der Waals surface area contributed by atoms with Gasteiger partial charge in [-0.3, -0.25) is 4.79 Å². The molecule has 0 aliphatic heterocycles. The van der Waals surface area contributed by atoms with E-state index in [-0.39, 0.29) is 5.91 Å². The summed E-state index contributed by atoms with van der Waals surface area (Å²) in [5, 5.41) is 7.04. The molecule has 1 aliphatic carbocycles. The predicted octanol–water partition coefficient (Wildman–Crippen LogP) is 2.88. The third-order valence-corrected chi connectivity index (χ3v) is 3.94. The molecule has 1 saturated carbocycles. The Hall–Kier alpha value is -1.06. The fraction of sp³-hybridized carbons (Fsp3) is 0.533. The molecule has 1 amide bonds. The summed E-state index contributed by atoms with van der Waals surface area (Å²) in [6.07, 6.45) is 5.66. The number of rotatable bonds is 6. The molecule has 0 aromatic heterocycles. The summed E-state index contributed by atoms with van der Waals surface area (Å²) in [4.78, 5) is 11.7. The summed E-state index contributed by atoms with van der Waals surface area (Å²) in [6, 6.07) is 8.20. The van der Waals surface area contributed by atoms with Crippen molar-refractivity contribution in [3.8, 4) is 0 Å². The van der Waals surface area contributed by atoms with Crippen molar-refractivity contribution in [2.45, 2.75) is 44.7 Å². The lowest BCUT2D eigenvalue weighted by molar-refractivity contribution is -0.121.